The lowest BCUT2D eigenvalue weighted by Crippen LogP contribution is -2.34. The zero-order chi connectivity index (χ0) is 16.4. The molecule has 2 aliphatic rings. The number of nitrogens with one attached hydrogen (secondary N) is 1. The highest BCUT2D eigenvalue weighted by molar-refractivity contribution is 6.30. The number of anilines is 1. The van der Waals surface area contributed by atoms with E-state index in [1.165, 1.54) is 4.90 Å². The third-order valence-corrected chi connectivity index (χ3v) is 4.50. The van der Waals surface area contributed by atoms with E-state index in [-0.39, 0.29) is 42.5 Å². The van der Waals surface area contributed by atoms with Crippen molar-refractivity contribution in [3.05, 3.63) is 41.4 Å². The SMILES string of the molecule is O=C(CCN1C(=O)[C@@H]2CC=CC[C@H]2C1=O)Nc1cccc(Cl)c1. The van der Waals surface area contributed by atoms with Crippen LogP contribution >= 0.6 is 11.6 Å². The number of hydrogen-bond acceptors (Lipinski definition) is 3. The van der Waals surface area contributed by atoms with E-state index in [0.717, 1.165) is 0 Å². The van der Waals surface area contributed by atoms with Gasteiger partial charge in [0.2, 0.25) is 17.7 Å². The molecule has 1 aliphatic carbocycles. The Kier molecular flexibility index (Phi) is 4.48. The number of amides is 3. The summed E-state index contributed by atoms with van der Waals surface area (Å²) in [6.45, 7) is 0.122. The van der Waals surface area contributed by atoms with Gasteiger partial charge in [-0.2, -0.15) is 0 Å². The van der Waals surface area contributed by atoms with Gasteiger partial charge in [0.25, 0.3) is 0 Å². The summed E-state index contributed by atoms with van der Waals surface area (Å²) in [6, 6.07) is 6.83. The molecule has 0 spiro atoms. The van der Waals surface area contributed by atoms with Crippen LogP contribution in [0.4, 0.5) is 5.69 Å². The van der Waals surface area contributed by atoms with Crippen LogP contribution in [-0.4, -0.2) is 29.2 Å². The maximum Gasteiger partial charge on any atom is 0.233 e. The van der Waals surface area contributed by atoms with Gasteiger partial charge in [-0.3, -0.25) is 19.3 Å². The number of imide groups is 1. The summed E-state index contributed by atoms with van der Waals surface area (Å²) in [4.78, 5) is 37.8. The van der Waals surface area contributed by atoms with Gasteiger partial charge < -0.3 is 5.32 Å². The van der Waals surface area contributed by atoms with E-state index in [2.05, 4.69) is 5.32 Å². The number of allylic oxidation sites excluding steroid dienone is 2. The second-order valence-electron chi connectivity index (χ2n) is 5.79. The van der Waals surface area contributed by atoms with Gasteiger partial charge >= 0.3 is 0 Å². The van der Waals surface area contributed by atoms with Crippen molar-refractivity contribution in [2.24, 2.45) is 11.8 Å². The van der Waals surface area contributed by atoms with Crippen LogP contribution in [0.5, 0.6) is 0 Å². The van der Waals surface area contributed by atoms with Gasteiger partial charge in [-0.1, -0.05) is 29.8 Å². The summed E-state index contributed by atoms with van der Waals surface area (Å²) in [7, 11) is 0. The molecular formula is C17H17ClN2O3. The Morgan fingerprint density at radius 3 is 2.43 bits per heavy atom. The second-order valence-corrected chi connectivity index (χ2v) is 6.23. The number of halogens is 1. The topological polar surface area (TPSA) is 66.5 Å². The van der Waals surface area contributed by atoms with Gasteiger partial charge in [0.1, 0.15) is 0 Å². The molecule has 1 aromatic rings. The van der Waals surface area contributed by atoms with E-state index >= 15 is 0 Å². The van der Waals surface area contributed by atoms with E-state index < -0.39 is 0 Å². The standard InChI is InChI=1S/C17H17ClN2O3/c18-11-4-3-5-12(10-11)19-15(21)8-9-20-16(22)13-6-1-2-7-14(13)17(20)23/h1-5,10,13-14H,6-9H2,(H,19,21)/t13-,14-/m1/s1. The van der Waals surface area contributed by atoms with E-state index in [9.17, 15) is 14.4 Å². The molecule has 1 fully saturated rings. The van der Waals surface area contributed by atoms with E-state index in [1.807, 2.05) is 12.2 Å². The molecule has 1 heterocycles. The predicted octanol–water partition coefficient (Wildman–Crippen LogP) is 2.62. The molecule has 1 saturated heterocycles. The Hall–Kier alpha value is -2.14. The van der Waals surface area contributed by atoms with E-state index in [0.29, 0.717) is 23.6 Å². The number of likely N-dealkylation sites (tertiary alicyclic amines) is 1. The van der Waals surface area contributed by atoms with Crippen LogP contribution in [0.15, 0.2) is 36.4 Å². The average Bonchev–Trinajstić information content (AvgIpc) is 2.77. The quantitative estimate of drug-likeness (QED) is 0.681. The van der Waals surface area contributed by atoms with Gasteiger partial charge in [0.05, 0.1) is 11.8 Å². The molecule has 0 radical (unpaired) electrons. The minimum atomic E-state index is -0.249. The van der Waals surface area contributed by atoms with Crippen molar-refractivity contribution < 1.29 is 14.4 Å². The van der Waals surface area contributed by atoms with Crippen molar-refractivity contribution in [2.45, 2.75) is 19.3 Å². The number of benzene rings is 1. The zero-order valence-corrected chi connectivity index (χ0v) is 13.3. The Morgan fingerprint density at radius 1 is 1.17 bits per heavy atom. The molecule has 3 amide bonds. The third-order valence-electron chi connectivity index (χ3n) is 4.27. The molecule has 5 nitrogen and oxygen atoms in total. The molecule has 1 N–H and O–H groups in total. The van der Waals surface area contributed by atoms with Crippen molar-refractivity contribution in [2.75, 3.05) is 11.9 Å². The van der Waals surface area contributed by atoms with Crippen molar-refractivity contribution >= 4 is 35.0 Å². The van der Waals surface area contributed by atoms with Crippen LogP contribution in [0, 0.1) is 11.8 Å². The number of carbonyl (C=O) groups is 3. The largest absolute Gasteiger partial charge is 0.326 e. The highest BCUT2D eigenvalue weighted by Crippen LogP contribution is 2.35. The number of carbonyl (C=O) groups excluding carboxylic acids is 3. The van der Waals surface area contributed by atoms with Gasteiger partial charge in [-0.05, 0) is 31.0 Å². The Morgan fingerprint density at radius 2 is 1.83 bits per heavy atom. The van der Waals surface area contributed by atoms with E-state index in [1.54, 1.807) is 24.3 Å². The normalized spacial score (nSPS) is 23.1. The van der Waals surface area contributed by atoms with Crippen LogP contribution in [0.25, 0.3) is 0 Å². The lowest BCUT2D eigenvalue weighted by atomic mass is 9.85. The fraction of sp³-hybridized carbons (Fsp3) is 0.353. The van der Waals surface area contributed by atoms with E-state index in [4.69, 9.17) is 11.6 Å². The number of hydrogen-bond donors (Lipinski definition) is 1. The number of nitrogens with zero attached hydrogens (tertiary/aromatic N) is 1. The molecule has 2 atom stereocenters. The molecule has 0 aromatic heterocycles. The number of rotatable bonds is 4. The maximum atomic E-state index is 12.3. The summed E-state index contributed by atoms with van der Waals surface area (Å²) < 4.78 is 0. The van der Waals surface area contributed by atoms with Crippen molar-refractivity contribution in [3.8, 4) is 0 Å². The monoisotopic (exact) mass is 332 g/mol. The molecule has 1 aliphatic heterocycles. The fourth-order valence-electron chi connectivity index (χ4n) is 3.09. The maximum absolute atomic E-state index is 12.3. The second kappa shape index (κ2) is 6.54. The predicted molar refractivity (Wildman–Crippen MR) is 86.8 cm³/mol. The van der Waals surface area contributed by atoms with Crippen LogP contribution < -0.4 is 5.32 Å². The summed E-state index contributed by atoms with van der Waals surface area (Å²) in [5.41, 5.74) is 0.597. The van der Waals surface area contributed by atoms with Crippen LogP contribution in [0.2, 0.25) is 5.02 Å². The summed E-state index contributed by atoms with van der Waals surface area (Å²) >= 11 is 5.86. The molecule has 6 heteroatoms. The van der Waals surface area contributed by atoms with Crippen molar-refractivity contribution in [3.63, 3.8) is 0 Å². The molecular weight excluding hydrogens is 316 g/mol. The molecule has 3 rings (SSSR count). The van der Waals surface area contributed by atoms with Gasteiger partial charge in [0.15, 0.2) is 0 Å². The summed E-state index contributed by atoms with van der Waals surface area (Å²) in [5.74, 6) is -1.05. The minimum Gasteiger partial charge on any atom is -0.326 e. The third kappa shape index (κ3) is 3.29. The minimum absolute atomic E-state index is 0.0802. The first-order valence-electron chi connectivity index (χ1n) is 7.62. The first kappa shape index (κ1) is 15.7. The Bertz CT molecular complexity index is 660. The smallest absolute Gasteiger partial charge is 0.233 e. The molecule has 0 saturated carbocycles. The van der Waals surface area contributed by atoms with Gasteiger partial charge in [-0.25, -0.2) is 0 Å². The highest BCUT2D eigenvalue weighted by atomic mass is 35.5. The average molecular weight is 333 g/mol. The van der Waals surface area contributed by atoms with Gasteiger partial charge in [-0.15, -0.1) is 0 Å². The molecule has 0 bridgehead atoms. The molecule has 23 heavy (non-hydrogen) atoms. The Balaban J connectivity index is 1.57. The van der Waals surface area contributed by atoms with Crippen LogP contribution in [0.1, 0.15) is 19.3 Å². The highest BCUT2D eigenvalue weighted by Gasteiger charge is 2.46. The molecule has 0 unspecified atom stereocenters. The Labute approximate surface area is 139 Å². The van der Waals surface area contributed by atoms with Gasteiger partial charge in [0, 0.05) is 23.7 Å². The zero-order valence-electron chi connectivity index (χ0n) is 12.5. The lowest BCUT2D eigenvalue weighted by Gasteiger charge is -2.14. The molecule has 1 aromatic carbocycles. The lowest BCUT2D eigenvalue weighted by molar-refractivity contribution is -0.140. The first-order chi connectivity index (χ1) is 11.1. The summed E-state index contributed by atoms with van der Waals surface area (Å²) in [5, 5.41) is 3.25. The fourth-order valence-corrected chi connectivity index (χ4v) is 3.28. The number of fused-ring (bicyclic) bond motifs is 1. The van der Waals surface area contributed by atoms with Crippen LogP contribution in [-0.2, 0) is 14.4 Å². The summed E-state index contributed by atoms with van der Waals surface area (Å²) in [6.07, 6.45) is 5.20. The van der Waals surface area contributed by atoms with Crippen LogP contribution in [0.3, 0.4) is 0 Å². The van der Waals surface area contributed by atoms with Crippen molar-refractivity contribution in [1.29, 1.82) is 0 Å². The first-order valence-corrected chi connectivity index (χ1v) is 7.99. The molecule has 120 valence electrons. The van der Waals surface area contributed by atoms with Crippen molar-refractivity contribution in [1.82, 2.24) is 4.90 Å².